The Hall–Kier alpha value is -3.72. The van der Waals surface area contributed by atoms with Crippen LogP contribution >= 0.6 is 11.3 Å². The van der Waals surface area contributed by atoms with Crippen molar-refractivity contribution in [2.24, 2.45) is 5.92 Å². The van der Waals surface area contributed by atoms with Gasteiger partial charge in [-0.1, -0.05) is 26.0 Å². The number of amides is 2. The molecule has 0 saturated carbocycles. The van der Waals surface area contributed by atoms with Crippen molar-refractivity contribution in [3.8, 4) is 23.0 Å². The van der Waals surface area contributed by atoms with Gasteiger partial charge in [0.05, 0.1) is 13.2 Å². The lowest BCUT2D eigenvalue weighted by molar-refractivity contribution is -0.135. The van der Waals surface area contributed by atoms with E-state index in [2.05, 4.69) is 11.4 Å². The van der Waals surface area contributed by atoms with Crippen LogP contribution in [-0.2, 0) is 11.2 Å². The molecule has 0 radical (unpaired) electrons. The van der Waals surface area contributed by atoms with Crippen molar-refractivity contribution < 1.29 is 28.5 Å². The van der Waals surface area contributed by atoms with Crippen molar-refractivity contribution in [2.45, 2.75) is 26.3 Å². The fourth-order valence-electron chi connectivity index (χ4n) is 4.91. The van der Waals surface area contributed by atoms with Gasteiger partial charge in [-0.25, -0.2) is 0 Å². The zero-order valence-electron chi connectivity index (χ0n) is 21.8. The smallest absolute Gasteiger partial charge is 0.254 e. The predicted octanol–water partition coefficient (Wildman–Crippen LogP) is 4.79. The van der Waals surface area contributed by atoms with E-state index >= 15 is 0 Å². The summed E-state index contributed by atoms with van der Waals surface area (Å²) in [6.45, 7) is 5.50. The lowest BCUT2D eigenvalue weighted by Gasteiger charge is -2.37. The second kappa shape index (κ2) is 11.3. The van der Waals surface area contributed by atoms with Gasteiger partial charge in [0, 0.05) is 23.5 Å². The summed E-state index contributed by atoms with van der Waals surface area (Å²) >= 11 is 1.70. The molecule has 200 valence electrons. The van der Waals surface area contributed by atoms with Crippen LogP contribution in [0.3, 0.4) is 0 Å². The molecule has 3 aromatic rings. The van der Waals surface area contributed by atoms with Crippen LogP contribution in [0.25, 0.3) is 0 Å². The van der Waals surface area contributed by atoms with Crippen LogP contribution in [-0.4, -0.2) is 61.8 Å². The summed E-state index contributed by atoms with van der Waals surface area (Å²) in [7, 11) is 1.61. The summed E-state index contributed by atoms with van der Waals surface area (Å²) in [5.74, 6) is 2.31. The molecule has 2 aliphatic heterocycles. The molecule has 0 aliphatic carbocycles. The van der Waals surface area contributed by atoms with E-state index in [4.69, 9.17) is 18.9 Å². The molecular weight excluding hydrogens is 504 g/mol. The van der Waals surface area contributed by atoms with Crippen molar-refractivity contribution in [1.82, 2.24) is 9.80 Å². The second-order valence-electron chi connectivity index (χ2n) is 9.76. The number of rotatable bonds is 9. The molecule has 0 saturated heterocycles. The topological polar surface area (TPSA) is 77.5 Å². The van der Waals surface area contributed by atoms with E-state index in [1.165, 1.54) is 4.88 Å². The van der Waals surface area contributed by atoms with Crippen molar-refractivity contribution in [1.29, 1.82) is 0 Å². The molecular formula is C29H32N2O6S. The van der Waals surface area contributed by atoms with E-state index < -0.39 is 0 Å². The Morgan fingerprint density at radius 2 is 1.89 bits per heavy atom. The quantitative estimate of drug-likeness (QED) is 0.392. The molecule has 38 heavy (non-hydrogen) atoms. The third kappa shape index (κ3) is 5.43. The number of para-hydroxylation sites is 2. The third-order valence-corrected chi connectivity index (χ3v) is 7.70. The number of nitrogens with zero attached hydrogens (tertiary/aromatic N) is 2. The summed E-state index contributed by atoms with van der Waals surface area (Å²) in [6, 6.07) is 14.4. The van der Waals surface area contributed by atoms with Crippen LogP contribution in [0.1, 0.15) is 40.7 Å². The minimum atomic E-state index is -0.260. The van der Waals surface area contributed by atoms with Crippen LogP contribution in [0.15, 0.2) is 53.9 Å². The van der Waals surface area contributed by atoms with Gasteiger partial charge in [0.2, 0.25) is 12.7 Å². The summed E-state index contributed by atoms with van der Waals surface area (Å²) in [6.07, 6.45) is 0.782. The standard InChI is InChI=1S/C29H32N2O6S/c1-19(2)15-30(29(33)20-8-9-25-26(14-20)37-18-36-25)16-28(32)31-12-10-27-21(11-13-38-27)22(31)17-35-24-7-5-4-6-23(24)34-3/h4-9,11,13-14,19,22H,10,12,15-18H2,1-3H3. The highest BCUT2D eigenvalue weighted by atomic mass is 32.1. The summed E-state index contributed by atoms with van der Waals surface area (Å²) < 4.78 is 22.5. The first-order valence-corrected chi connectivity index (χ1v) is 13.6. The highest BCUT2D eigenvalue weighted by Gasteiger charge is 2.34. The number of thiophene rings is 1. The SMILES string of the molecule is COc1ccccc1OCC1c2ccsc2CCN1C(=O)CN(CC(C)C)C(=O)c1ccc2c(c1)OCO2. The van der Waals surface area contributed by atoms with Gasteiger partial charge >= 0.3 is 0 Å². The first-order valence-electron chi connectivity index (χ1n) is 12.7. The molecule has 9 heteroatoms. The van der Waals surface area contributed by atoms with Crippen molar-refractivity contribution in [3.63, 3.8) is 0 Å². The molecule has 0 N–H and O–H groups in total. The maximum atomic E-state index is 13.8. The lowest BCUT2D eigenvalue weighted by Crippen LogP contribution is -2.48. The highest BCUT2D eigenvalue weighted by molar-refractivity contribution is 7.10. The van der Waals surface area contributed by atoms with Crippen LogP contribution in [0.5, 0.6) is 23.0 Å². The van der Waals surface area contributed by atoms with E-state index in [1.54, 1.807) is 41.5 Å². The number of carbonyl (C=O) groups excluding carboxylic acids is 2. The van der Waals surface area contributed by atoms with Gasteiger partial charge in [0.15, 0.2) is 23.0 Å². The number of carbonyl (C=O) groups is 2. The van der Waals surface area contributed by atoms with Gasteiger partial charge in [0.25, 0.3) is 5.91 Å². The number of hydrogen-bond acceptors (Lipinski definition) is 7. The molecule has 1 unspecified atom stereocenters. The van der Waals surface area contributed by atoms with Crippen LogP contribution < -0.4 is 18.9 Å². The average molecular weight is 537 g/mol. The molecule has 0 bridgehead atoms. The summed E-state index contributed by atoms with van der Waals surface area (Å²) in [5.41, 5.74) is 1.57. The largest absolute Gasteiger partial charge is 0.493 e. The molecule has 3 heterocycles. The second-order valence-corrected chi connectivity index (χ2v) is 10.8. The maximum Gasteiger partial charge on any atom is 0.254 e. The Morgan fingerprint density at radius 3 is 2.68 bits per heavy atom. The Morgan fingerprint density at radius 1 is 1.11 bits per heavy atom. The Bertz CT molecular complexity index is 1310. The van der Waals surface area contributed by atoms with Crippen LogP contribution in [0.4, 0.5) is 0 Å². The van der Waals surface area contributed by atoms with E-state index in [0.717, 1.165) is 12.0 Å². The predicted molar refractivity (Wildman–Crippen MR) is 144 cm³/mol. The number of methoxy groups -OCH3 is 1. The van der Waals surface area contributed by atoms with Crippen molar-refractivity contribution >= 4 is 23.2 Å². The molecule has 2 aliphatic rings. The average Bonchev–Trinajstić information content (AvgIpc) is 3.60. The molecule has 8 nitrogen and oxygen atoms in total. The molecule has 5 rings (SSSR count). The minimum absolute atomic E-state index is 0.0178. The first-order chi connectivity index (χ1) is 18.4. The van der Waals surface area contributed by atoms with Crippen LogP contribution in [0.2, 0.25) is 0 Å². The summed E-state index contributed by atoms with van der Waals surface area (Å²) in [5, 5.41) is 2.06. The van der Waals surface area contributed by atoms with Gasteiger partial charge in [-0.3, -0.25) is 9.59 Å². The highest BCUT2D eigenvalue weighted by Crippen LogP contribution is 2.36. The molecule has 0 fully saturated rings. The number of hydrogen-bond donors (Lipinski definition) is 0. The van der Waals surface area contributed by atoms with Gasteiger partial charge < -0.3 is 28.7 Å². The Kier molecular flexibility index (Phi) is 7.74. The van der Waals surface area contributed by atoms with Gasteiger partial charge in [-0.15, -0.1) is 11.3 Å². The molecule has 2 amide bonds. The lowest BCUT2D eigenvalue weighted by atomic mass is 10.00. The van der Waals surface area contributed by atoms with Gasteiger partial charge in [-0.2, -0.15) is 0 Å². The third-order valence-electron chi connectivity index (χ3n) is 6.70. The number of ether oxygens (including phenoxy) is 4. The maximum absolute atomic E-state index is 13.8. The normalized spacial score (nSPS) is 15.8. The fraction of sp³-hybridized carbons (Fsp3) is 0.379. The summed E-state index contributed by atoms with van der Waals surface area (Å²) in [4.78, 5) is 32.1. The monoisotopic (exact) mass is 536 g/mol. The van der Waals surface area contributed by atoms with E-state index in [-0.39, 0.29) is 43.7 Å². The zero-order chi connectivity index (χ0) is 26.6. The molecule has 2 aromatic carbocycles. The van der Waals surface area contributed by atoms with Gasteiger partial charge in [0.1, 0.15) is 13.2 Å². The first kappa shape index (κ1) is 25.9. The van der Waals surface area contributed by atoms with Gasteiger partial charge in [-0.05, 0) is 59.7 Å². The molecule has 1 aromatic heterocycles. The van der Waals surface area contributed by atoms with E-state index in [9.17, 15) is 9.59 Å². The Balaban J connectivity index is 1.35. The zero-order valence-corrected chi connectivity index (χ0v) is 22.7. The van der Waals surface area contributed by atoms with Crippen molar-refractivity contribution in [3.05, 3.63) is 69.9 Å². The fourth-order valence-corrected chi connectivity index (χ4v) is 5.84. The van der Waals surface area contributed by atoms with Crippen LogP contribution in [0, 0.1) is 5.92 Å². The number of benzene rings is 2. The van der Waals surface area contributed by atoms with E-state index in [0.29, 0.717) is 41.7 Å². The number of fused-ring (bicyclic) bond motifs is 2. The van der Waals surface area contributed by atoms with E-state index in [1.807, 2.05) is 43.0 Å². The molecule has 1 atom stereocenters. The van der Waals surface area contributed by atoms with Crippen molar-refractivity contribution in [2.75, 3.05) is 40.1 Å². The minimum Gasteiger partial charge on any atom is -0.493 e. The Labute approximate surface area is 226 Å². The molecule has 0 spiro atoms.